The van der Waals surface area contributed by atoms with Gasteiger partial charge in [0.15, 0.2) is 5.96 Å². The standard InChI is InChI=1S/C25H31N5OS.HI/c1-26-25(27-15-14-20-10-7-11-21(16-20)24(31)30(2)3)28-17-22-18-32-23(29-22)13-12-19-8-5-4-6-9-19;/h4-11,16,18H,12-15,17H2,1-3H3,(H2,26,27,28);1H. The van der Waals surface area contributed by atoms with Gasteiger partial charge in [-0.1, -0.05) is 42.5 Å². The number of amides is 1. The number of aromatic nitrogens is 1. The molecule has 2 N–H and O–H groups in total. The summed E-state index contributed by atoms with van der Waals surface area (Å²) in [5.41, 5.74) is 4.18. The van der Waals surface area contributed by atoms with Crippen molar-refractivity contribution in [2.24, 2.45) is 4.99 Å². The second-order valence-corrected chi connectivity index (χ2v) is 8.66. The van der Waals surface area contributed by atoms with Crippen LogP contribution >= 0.6 is 35.3 Å². The van der Waals surface area contributed by atoms with Gasteiger partial charge in [-0.15, -0.1) is 35.3 Å². The van der Waals surface area contributed by atoms with Crippen molar-refractivity contribution in [2.75, 3.05) is 27.7 Å². The van der Waals surface area contributed by atoms with E-state index >= 15 is 0 Å². The Hall–Kier alpha value is -2.46. The third-order valence-corrected chi connectivity index (χ3v) is 5.97. The van der Waals surface area contributed by atoms with Gasteiger partial charge in [0.05, 0.1) is 17.2 Å². The number of carbonyl (C=O) groups excluding carboxylic acids is 1. The molecule has 0 aliphatic rings. The van der Waals surface area contributed by atoms with Crippen LogP contribution in [0.3, 0.4) is 0 Å². The number of hydrogen-bond donors (Lipinski definition) is 2. The summed E-state index contributed by atoms with van der Waals surface area (Å²) >= 11 is 1.71. The van der Waals surface area contributed by atoms with Crippen LogP contribution in [0.1, 0.15) is 32.2 Å². The van der Waals surface area contributed by atoms with Crippen LogP contribution in [0, 0.1) is 0 Å². The molecule has 0 saturated carbocycles. The van der Waals surface area contributed by atoms with Gasteiger partial charge in [-0.05, 0) is 36.1 Å². The number of benzene rings is 2. The van der Waals surface area contributed by atoms with E-state index in [1.54, 1.807) is 37.4 Å². The summed E-state index contributed by atoms with van der Waals surface area (Å²) in [5, 5.41) is 9.92. The Bertz CT molecular complexity index is 1040. The minimum Gasteiger partial charge on any atom is -0.356 e. The second kappa shape index (κ2) is 13.9. The summed E-state index contributed by atoms with van der Waals surface area (Å²) < 4.78 is 0. The molecule has 176 valence electrons. The van der Waals surface area contributed by atoms with E-state index in [-0.39, 0.29) is 29.9 Å². The van der Waals surface area contributed by atoms with Crippen molar-refractivity contribution in [2.45, 2.75) is 25.8 Å². The molecule has 0 aliphatic heterocycles. The van der Waals surface area contributed by atoms with E-state index in [0.717, 1.165) is 48.0 Å². The highest BCUT2D eigenvalue weighted by molar-refractivity contribution is 14.0. The van der Waals surface area contributed by atoms with Gasteiger partial charge < -0.3 is 15.5 Å². The first kappa shape index (κ1) is 26.8. The highest BCUT2D eigenvalue weighted by Gasteiger charge is 2.08. The van der Waals surface area contributed by atoms with Gasteiger partial charge in [0.1, 0.15) is 0 Å². The number of carbonyl (C=O) groups is 1. The van der Waals surface area contributed by atoms with Crippen LogP contribution in [0.25, 0.3) is 0 Å². The molecule has 0 aliphatic carbocycles. The van der Waals surface area contributed by atoms with Crippen molar-refractivity contribution in [1.29, 1.82) is 0 Å². The number of halogens is 1. The number of aliphatic imine (C=N–C) groups is 1. The Morgan fingerprint density at radius 3 is 2.48 bits per heavy atom. The zero-order valence-electron chi connectivity index (χ0n) is 19.4. The number of thiazole rings is 1. The van der Waals surface area contributed by atoms with Crippen LogP contribution in [-0.4, -0.2) is 49.4 Å². The van der Waals surface area contributed by atoms with Gasteiger partial charge in [0.25, 0.3) is 5.91 Å². The molecular weight excluding hydrogens is 545 g/mol. The molecule has 0 spiro atoms. The summed E-state index contributed by atoms with van der Waals surface area (Å²) in [6, 6.07) is 18.3. The maximum Gasteiger partial charge on any atom is 0.253 e. The predicted molar refractivity (Wildman–Crippen MR) is 148 cm³/mol. The molecule has 1 heterocycles. The Labute approximate surface area is 217 Å². The summed E-state index contributed by atoms with van der Waals surface area (Å²) in [5.74, 6) is 0.757. The van der Waals surface area contributed by atoms with Crippen LogP contribution in [0.5, 0.6) is 0 Å². The number of aryl methyl sites for hydroxylation is 2. The molecule has 3 aromatic rings. The Morgan fingerprint density at radius 1 is 1.00 bits per heavy atom. The molecule has 2 aromatic carbocycles. The third-order valence-electron chi connectivity index (χ3n) is 5.02. The lowest BCUT2D eigenvalue weighted by Gasteiger charge is -2.13. The molecule has 3 rings (SSSR count). The molecular formula is C25H32IN5OS. The maximum atomic E-state index is 12.1. The molecule has 6 nitrogen and oxygen atoms in total. The fourth-order valence-electron chi connectivity index (χ4n) is 3.28. The summed E-state index contributed by atoms with van der Waals surface area (Å²) in [7, 11) is 5.29. The molecule has 0 radical (unpaired) electrons. The van der Waals surface area contributed by atoms with E-state index in [4.69, 9.17) is 4.98 Å². The number of nitrogens with one attached hydrogen (secondary N) is 2. The Morgan fingerprint density at radius 2 is 1.76 bits per heavy atom. The molecule has 0 fully saturated rings. The summed E-state index contributed by atoms with van der Waals surface area (Å²) in [4.78, 5) is 22.8. The average Bonchev–Trinajstić information content (AvgIpc) is 3.28. The molecule has 0 bridgehead atoms. The van der Waals surface area contributed by atoms with Gasteiger partial charge in [-0.2, -0.15) is 0 Å². The van der Waals surface area contributed by atoms with Crippen molar-refractivity contribution in [1.82, 2.24) is 20.5 Å². The van der Waals surface area contributed by atoms with Gasteiger partial charge in [-0.3, -0.25) is 9.79 Å². The average molecular weight is 578 g/mol. The quantitative estimate of drug-likeness (QED) is 0.228. The smallest absolute Gasteiger partial charge is 0.253 e. The third kappa shape index (κ3) is 8.77. The second-order valence-electron chi connectivity index (χ2n) is 7.72. The molecule has 0 atom stereocenters. The minimum atomic E-state index is 0. The summed E-state index contributed by atoms with van der Waals surface area (Å²) in [6.07, 6.45) is 2.76. The van der Waals surface area contributed by atoms with Crippen molar-refractivity contribution >= 4 is 47.2 Å². The van der Waals surface area contributed by atoms with Crippen LogP contribution in [0.2, 0.25) is 0 Å². The largest absolute Gasteiger partial charge is 0.356 e. The first-order chi connectivity index (χ1) is 15.5. The molecule has 1 aromatic heterocycles. The predicted octanol–water partition coefficient (Wildman–Crippen LogP) is 4.16. The lowest BCUT2D eigenvalue weighted by Crippen LogP contribution is -2.37. The zero-order chi connectivity index (χ0) is 22.8. The van der Waals surface area contributed by atoms with E-state index in [1.165, 1.54) is 5.56 Å². The van der Waals surface area contributed by atoms with E-state index in [2.05, 4.69) is 45.3 Å². The van der Waals surface area contributed by atoms with Crippen molar-refractivity contribution < 1.29 is 4.79 Å². The zero-order valence-corrected chi connectivity index (χ0v) is 22.5. The normalized spacial score (nSPS) is 10.9. The van der Waals surface area contributed by atoms with E-state index in [1.807, 2.05) is 30.3 Å². The number of hydrogen-bond acceptors (Lipinski definition) is 4. The fourth-order valence-corrected chi connectivity index (χ4v) is 4.08. The lowest BCUT2D eigenvalue weighted by molar-refractivity contribution is 0.0827. The van der Waals surface area contributed by atoms with E-state index in [0.29, 0.717) is 12.1 Å². The van der Waals surface area contributed by atoms with Crippen molar-refractivity contribution in [3.63, 3.8) is 0 Å². The highest BCUT2D eigenvalue weighted by atomic mass is 127. The SMILES string of the molecule is CN=C(NCCc1cccc(C(=O)N(C)C)c1)NCc1csc(CCc2ccccc2)n1.I. The Balaban J connectivity index is 0.00000385. The van der Waals surface area contributed by atoms with Crippen LogP contribution in [-0.2, 0) is 25.8 Å². The lowest BCUT2D eigenvalue weighted by atomic mass is 10.1. The van der Waals surface area contributed by atoms with Crippen molar-refractivity contribution in [3.8, 4) is 0 Å². The topological polar surface area (TPSA) is 69.6 Å². The Kier molecular flexibility index (Phi) is 11.3. The highest BCUT2D eigenvalue weighted by Crippen LogP contribution is 2.13. The van der Waals surface area contributed by atoms with Gasteiger partial charge >= 0.3 is 0 Å². The van der Waals surface area contributed by atoms with Crippen LogP contribution in [0.4, 0.5) is 0 Å². The van der Waals surface area contributed by atoms with Crippen molar-refractivity contribution in [3.05, 3.63) is 87.4 Å². The van der Waals surface area contributed by atoms with Gasteiger partial charge in [-0.25, -0.2) is 4.98 Å². The number of rotatable bonds is 9. The van der Waals surface area contributed by atoms with Crippen LogP contribution in [0.15, 0.2) is 65.0 Å². The molecule has 33 heavy (non-hydrogen) atoms. The number of guanidine groups is 1. The molecule has 1 amide bonds. The molecule has 0 unspecified atom stereocenters. The first-order valence-electron chi connectivity index (χ1n) is 10.8. The van der Waals surface area contributed by atoms with Crippen LogP contribution < -0.4 is 10.6 Å². The maximum absolute atomic E-state index is 12.1. The summed E-state index contributed by atoms with van der Waals surface area (Å²) in [6.45, 7) is 1.35. The van der Waals surface area contributed by atoms with Gasteiger partial charge in [0.2, 0.25) is 0 Å². The van der Waals surface area contributed by atoms with Gasteiger partial charge in [0, 0.05) is 45.1 Å². The van der Waals surface area contributed by atoms with E-state index in [9.17, 15) is 4.79 Å². The molecule has 0 saturated heterocycles. The monoisotopic (exact) mass is 577 g/mol. The fraction of sp³-hybridized carbons (Fsp3) is 0.320. The first-order valence-corrected chi connectivity index (χ1v) is 11.7. The van der Waals surface area contributed by atoms with E-state index < -0.39 is 0 Å². The minimum absolute atomic E-state index is 0. The number of nitrogens with zero attached hydrogens (tertiary/aromatic N) is 3. The molecule has 8 heteroatoms.